The molecule has 2 aromatic rings. The van der Waals surface area contributed by atoms with Crippen molar-refractivity contribution in [1.82, 2.24) is 5.32 Å². The van der Waals surface area contributed by atoms with E-state index in [4.69, 9.17) is 14.2 Å². The summed E-state index contributed by atoms with van der Waals surface area (Å²) in [6.45, 7) is 1.13. The summed E-state index contributed by atoms with van der Waals surface area (Å²) in [7, 11) is 1.94. The van der Waals surface area contributed by atoms with Crippen LogP contribution in [0.5, 0.6) is 17.2 Å². The van der Waals surface area contributed by atoms with Crippen LogP contribution < -0.4 is 19.5 Å². The number of rotatable bonds is 6. The molecule has 1 aromatic heterocycles. The monoisotopic (exact) mass is 369 g/mol. The van der Waals surface area contributed by atoms with Gasteiger partial charge in [0.05, 0.1) is 3.79 Å². The minimum atomic E-state index is -0.00977. The lowest BCUT2D eigenvalue weighted by Crippen LogP contribution is -2.15. The number of para-hydroxylation sites is 1. The molecule has 1 unspecified atom stereocenters. The van der Waals surface area contributed by atoms with E-state index >= 15 is 0 Å². The first-order chi connectivity index (χ1) is 10.3. The lowest BCUT2D eigenvalue weighted by atomic mass is 10.2. The van der Waals surface area contributed by atoms with Gasteiger partial charge in [-0.15, -0.1) is 11.3 Å². The predicted molar refractivity (Wildman–Crippen MR) is 86.5 cm³/mol. The number of halogens is 1. The molecule has 2 heterocycles. The number of thiophene rings is 1. The van der Waals surface area contributed by atoms with Crippen molar-refractivity contribution in [2.45, 2.75) is 12.5 Å². The van der Waals surface area contributed by atoms with E-state index < -0.39 is 0 Å². The smallest absolute Gasteiger partial charge is 0.231 e. The zero-order valence-electron chi connectivity index (χ0n) is 11.6. The summed E-state index contributed by atoms with van der Waals surface area (Å²) in [5.41, 5.74) is 0. The van der Waals surface area contributed by atoms with E-state index in [-0.39, 0.29) is 12.9 Å². The first-order valence-corrected chi connectivity index (χ1v) is 8.34. The van der Waals surface area contributed by atoms with Crippen molar-refractivity contribution in [3.63, 3.8) is 0 Å². The topological polar surface area (TPSA) is 39.7 Å². The molecule has 0 fully saturated rings. The maximum Gasteiger partial charge on any atom is 0.231 e. The fourth-order valence-electron chi connectivity index (χ4n) is 2.19. The molecule has 0 amide bonds. The van der Waals surface area contributed by atoms with Crippen LogP contribution in [0.3, 0.4) is 0 Å². The minimum absolute atomic E-state index is 0.00977. The first-order valence-electron chi connectivity index (χ1n) is 6.73. The highest BCUT2D eigenvalue weighted by Crippen LogP contribution is 2.43. The summed E-state index contributed by atoms with van der Waals surface area (Å²) in [4.78, 5) is 1.19. The van der Waals surface area contributed by atoms with Crippen LogP contribution in [0.2, 0.25) is 0 Å². The van der Waals surface area contributed by atoms with Crippen molar-refractivity contribution in [2.24, 2.45) is 0 Å². The lowest BCUT2D eigenvalue weighted by molar-refractivity contribution is 0.159. The molecule has 0 radical (unpaired) electrons. The van der Waals surface area contributed by atoms with E-state index in [1.54, 1.807) is 11.3 Å². The molecule has 0 bridgehead atoms. The number of nitrogens with one attached hydrogen (secondary N) is 1. The molecule has 6 heteroatoms. The normalized spacial score (nSPS) is 14.2. The zero-order chi connectivity index (χ0) is 14.7. The highest BCUT2D eigenvalue weighted by molar-refractivity contribution is 9.11. The first kappa shape index (κ1) is 14.7. The van der Waals surface area contributed by atoms with Crippen molar-refractivity contribution < 1.29 is 14.2 Å². The molecular formula is C15H16BrNO3S. The van der Waals surface area contributed by atoms with Crippen molar-refractivity contribution in [2.75, 3.05) is 20.4 Å². The summed E-state index contributed by atoms with van der Waals surface area (Å²) < 4.78 is 18.2. The average Bonchev–Trinajstić information content (AvgIpc) is 3.12. The Morgan fingerprint density at radius 1 is 1.33 bits per heavy atom. The van der Waals surface area contributed by atoms with Crippen LogP contribution in [0.25, 0.3) is 0 Å². The number of benzene rings is 1. The summed E-state index contributed by atoms with van der Waals surface area (Å²) in [5.74, 6) is 2.17. The molecule has 0 saturated carbocycles. The Hall–Kier alpha value is -1.24. The predicted octanol–water partition coefficient (Wildman–Crippen LogP) is 3.97. The van der Waals surface area contributed by atoms with E-state index in [2.05, 4.69) is 27.3 Å². The lowest BCUT2D eigenvalue weighted by Gasteiger charge is -2.19. The number of hydrogen-bond acceptors (Lipinski definition) is 5. The van der Waals surface area contributed by atoms with Crippen LogP contribution in [0.15, 0.2) is 34.1 Å². The van der Waals surface area contributed by atoms with Gasteiger partial charge in [0, 0.05) is 11.3 Å². The molecule has 1 atom stereocenters. The van der Waals surface area contributed by atoms with Gasteiger partial charge in [0.1, 0.15) is 6.10 Å². The molecule has 4 nitrogen and oxygen atoms in total. The van der Waals surface area contributed by atoms with E-state index in [0.717, 1.165) is 28.3 Å². The fourth-order valence-corrected chi connectivity index (χ4v) is 3.67. The molecule has 0 aliphatic carbocycles. The second-order valence-electron chi connectivity index (χ2n) is 4.63. The largest absolute Gasteiger partial charge is 0.481 e. The van der Waals surface area contributed by atoms with Gasteiger partial charge in [-0.2, -0.15) is 0 Å². The van der Waals surface area contributed by atoms with Crippen LogP contribution in [-0.2, 0) is 0 Å². The third-order valence-corrected chi connectivity index (χ3v) is 4.91. The number of ether oxygens (including phenoxy) is 3. The van der Waals surface area contributed by atoms with Gasteiger partial charge in [-0.1, -0.05) is 6.07 Å². The standard InChI is InChI=1S/C15H16BrNO3S/c1-17-8-7-10(13-5-6-14(16)21-13)20-12-4-2-3-11-15(12)19-9-18-11/h2-6,10,17H,7-9H2,1H3. The fraction of sp³-hybridized carbons (Fsp3) is 0.333. The minimum Gasteiger partial charge on any atom is -0.481 e. The van der Waals surface area contributed by atoms with Gasteiger partial charge >= 0.3 is 0 Å². The van der Waals surface area contributed by atoms with E-state index in [9.17, 15) is 0 Å². The van der Waals surface area contributed by atoms with Gasteiger partial charge in [-0.3, -0.25) is 0 Å². The molecule has 1 aliphatic rings. The second-order valence-corrected chi connectivity index (χ2v) is 7.13. The molecule has 21 heavy (non-hydrogen) atoms. The molecule has 1 N–H and O–H groups in total. The van der Waals surface area contributed by atoms with Crippen LogP contribution in [-0.4, -0.2) is 20.4 Å². The average molecular weight is 370 g/mol. The molecule has 1 aliphatic heterocycles. The summed E-state index contributed by atoms with van der Waals surface area (Å²) in [6.07, 6.45) is 0.873. The Bertz CT molecular complexity index is 617. The molecule has 0 saturated heterocycles. The van der Waals surface area contributed by atoms with Gasteiger partial charge in [0.2, 0.25) is 12.5 Å². The van der Waals surface area contributed by atoms with Crippen molar-refractivity contribution in [1.29, 1.82) is 0 Å². The van der Waals surface area contributed by atoms with Crippen molar-refractivity contribution >= 4 is 27.3 Å². The maximum atomic E-state index is 6.20. The van der Waals surface area contributed by atoms with Crippen molar-refractivity contribution in [3.8, 4) is 17.2 Å². The molecule has 112 valence electrons. The van der Waals surface area contributed by atoms with Crippen LogP contribution in [0, 0.1) is 0 Å². The van der Waals surface area contributed by atoms with Gasteiger partial charge in [0.25, 0.3) is 0 Å². The highest BCUT2D eigenvalue weighted by atomic mass is 79.9. The molecule has 1 aromatic carbocycles. The quantitative estimate of drug-likeness (QED) is 0.835. The van der Waals surface area contributed by atoms with E-state index in [0.29, 0.717) is 5.75 Å². The van der Waals surface area contributed by atoms with Crippen molar-refractivity contribution in [3.05, 3.63) is 39.0 Å². The maximum absolute atomic E-state index is 6.20. The van der Waals surface area contributed by atoms with E-state index in [1.165, 1.54) is 4.88 Å². The summed E-state index contributed by atoms with van der Waals surface area (Å²) in [6, 6.07) is 9.87. The summed E-state index contributed by atoms with van der Waals surface area (Å²) in [5, 5.41) is 3.17. The highest BCUT2D eigenvalue weighted by Gasteiger charge is 2.22. The summed E-state index contributed by atoms with van der Waals surface area (Å²) >= 11 is 5.20. The third kappa shape index (κ3) is 3.33. The zero-order valence-corrected chi connectivity index (χ0v) is 14.0. The Labute approximate surface area is 136 Å². The Kier molecular flexibility index (Phi) is 4.67. The SMILES string of the molecule is CNCCC(Oc1cccc2c1OCO2)c1ccc(Br)s1. The van der Waals surface area contributed by atoms with Crippen LogP contribution in [0.4, 0.5) is 0 Å². The van der Waals surface area contributed by atoms with Gasteiger partial charge in [0.15, 0.2) is 11.5 Å². The second kappa shape index (κ2) is 6.68. The Morgan fingerprint density at radius 2 is 2.24 bits per heavy atom. The van der Waals surface area contributed by atoms with Gasteiger partial charge in [-0.25, -0.2) is 0 Å². The van der Waals surface area contributed by atoms with Crippen LogP contribution >= 0.6 is 27.3 Å². The molecule has 3 rings (SSSR count). The number of hydrogen-bond donors (Lipinski definition) is 1. The molecule has 0 spiro atoms. The van der Waals surface area contributed by atoms with Crippen LogP contribution in [0.1, 0.15) is 17.4 Å². The third-order valence-electron chi connectivity index (χ3n) is 3.20. The Balaban J connectivity index is 1.83. The number of fused-ring (bicyclic) bond motifs is 1. The molecular weight excluding hydrogens is 354 g/mol. The van der Waals surface area contributed by atoms with Gasteiger partial charge in [-0.05, 0) is 53.8 Å². The van der Waals surface area contributed by atoms with Gasteiger partial charge < -0.3 is 19.5 Å². The van der Waals surface area contributed by atoms with E-state index in [1.807, 2.05) is 31.3 Å². The Morgan fingerprint density at radius 3 is 3.00 bits per heavy atom.